The third kappa shape index (κ3) is 2.89. The van der Waals surface area contributed by atoms with Gasteiger partial charge in [-0.15, -0.1) is 0 Å². The molecule has 2 aromatic heterocycles. The molecule has 0 aliphatic heterocycles. The Kier molecular flexibility index (Phi) is 4.82. The van der Waals surface area contributed by atoms with Crippen molar-refractivity contribution in [1.82, 2.24) is 14.8 Å². The second-order valence-electron chi connectivity index (χ2n) is 4.56. The molecule has 7 heteroatoms. The number of aliphatic hydroxyl groups excluding tert-OH is 1. The van der Waals surface area contributed by atoms with Crippen LogP contribution in [0.4, 0.5) is 0 Å². The van der Waals surface area contributed by atoms with Gasteiger partial charge in [0.2, 0.25) is 0 Å². The Hall–Kier alpha value is -0.920. The van der Waals surface area contributed by atoms with Gasteiger partial charge in [0.15, 0.2) is 5.75 Å². The van der Waals surface area contributed by atoms with E-state index in [9.17, 15) is 5.11 Å². The molecule has 0 saturated heterocycles. The smallest absolute Gasteiger partial charge is 0.163 e. The van der Waals surface area contributed by atoms with Crippen molar-refractivity contribution in [2.45, 2.75) is 26.0 Å². The molecular weight excluding hydrogens is 390 g/mol. The van der Waals surface area contributed by atoms with Gasteiger partial charge < -0.3 is 9.84 Å². The largest absolute Gasteiger partial charge is 0.493 e. The topological polar surface area (TPSA) is 60.2 Å². The molecule has 5 nitrogen and oxygen atoms in total. The van der Waals surface area contributed by atoms with Gasteiger partial charge in [0.25, 0.3) is 0 Å². The van der Waals surface area contributed by atoms with E-state index in [2.05, 4.69) is 41.9 Å². The highest BCUT2D eigenvalue weighted by Gasteiger charge is 2.25. The number of hydrogen-bond acceptors (Lipinski definition) is 4. The van der Waals surface area contributed by atoms with Crippen molar-refractivity contribution in [3.63, 3.8) is 0 Å². The lowest BCUT2D eigenvalue weighted by Gasteiger charge is -2.17. The minimum absolute atomic E-state index is 0.109. The van der Waals surface area contributed by atoms with E-state index < -0.39 is 6.10 Å². The maximum absolute atomic E-state index is 10.6. The van der Waals surface area contributed by atoms with E-state index in [1.165, 1.54) is 0 Å². The molecule has 0 aliphatic rings. The molecule has 2 aromatic rings. The van der Waals surface area contributed by atoms with E-state index in [1.54, 1.807) is 24.2 Å². The van der Waals surface area contributed by atoms with Crippen molar-refractivity contribution in [1.29, 1.82) is 0 Å². The zero-order valence-corrected chi connectivity index (χ0v) is 14.5. The minimum Gasteiger partial charge on any atom is -0.493 e. The Balaban J connectivity index is 2.52. The number of aliphatic hydroxyl groups is 1. The first kappa shape index (κ1) is 15.5. The van der Waals surface area contributed by atoms with Crippen molar-refractivity contribution in [3.8, 4) is 5.75 Å². The second kappa shape index (κ2) is 6.24. The van der Waals surface area contributed by atoms with Crippen LogP contribution in [-0.2, 0) is 0 Å². The molecule has 0 aliphatic carbocycles. The number of rotatable bonds is 4. The summed E-state index contributed by atoms with van der Waals surface area (Å²) < 4.78 is 8.58. The first-order valence-corrected chi connectivity index (χ1v) is 7.64. The molecule has 2 heterocycles. The van der Waals surface area contributed by atoms with E-state index in [1.807, 2.05) is 19.9 Å². The van der Waals surface area contributed by atoms with Gasteiger partial charge in [-0.05, 0) is 51.8 Å². The quantitative estimate of drug-likeness (QED) is 0.847. The Bertz CT molecular complexity index is 614. The van der Waals surface area contributed by atoms with E-state index in [0.29, 0.717) is 17.1 Å². The fraction of sp³-hybridized carbons (Fsp3) is 0.385. The van der Waals surface area contributed by atoms with Crippen LogP contribution < -0.4 is 4.74 Å². The maximum atomic E-state index is 10.6. The van der Waals surface area contributed by atoms with Crippen LogP contribution in [0.25, 0.3) is 0 Å². The van der Waals surface area contributed by atoms with Crippen molar-refractivity contribution in [2.24, 2.45) is 0 Å². The third-order valence-corrected chi connectivity index (χ3v) is 3.93. The van der Waals surface area contributed by atoms with Crippen LogP contribution in [0.2, 0.25) is 0 Å². The standard InChI is InChI=1S/C13H15Br2N3O2/c1-7(2)18-12(10(20-3)6-17-18)13(19)11-9(15)4-8(14)5-16-11/h4-7,13,19H,1-3H3. The molecule has 1 N–H and O–H groups in total. The molecule has 1 atom stereocenters. The monoisotopic (exact) mass is 403 g/mol. The summed E-state index contributed by atoms with van der Waals surface area (Å²) in [5.41, 5.74) is 1.12. The van der Waals surface area contributed by atoms with Crippen LogP contribution in [0.3, 0.4) is 0 Å². The van der Waals surface area contributed by atoms with E-state index in [0.717, 1.165) is 8.95 Å². The molecule has 0 bridgehead atoms. The molecule has 0 fully saturated rings. The summed E-state index contributed by atoms with van der Waals surface area (Å²) in [6.07, 6.45) is 2.33. The number of hydrogen-bond donors (Lipinski definition) is 1. The summed E-state index contributed by atoms with van der Waals surface area (Å²) in [4.78, 5) is 4.27. The van der Waals surface area contributed by atoms with Gasteiger partial charge in [-0.2, -0.15) is 5.10 Å². The third-order valence-electron chi connectivity index (χ3n) is 2.86. The minimum atomic E-state index is -0.919. The van der Waals surface area contributed by atoms with Crippen molar-refractivity contribution < 1.29 is 9.84 Å². The molecule has 0 spiro atoms. The number of aromatic nitrogens is 3. The number of ether oxygens (including phenoxy) is 1. The van der Waals surface area contributed by atoms with Gasteiger partial charge in [-0.25, -0.2) is 0 Å². The first-order chi connectivity index (χ1) is 9.45. The van der Waals surface area contributed by atoms with Gasteiger partial charge in [0, 0.05) is 21.2 Å². The summed E-state index contributed by atoms with van der Waals surface area (Å²) >= 11 is 6.76. The predicted octanol–water partition coefficient (Wildman–Crippen LogP) is 3.47. The average Bonchev–Trinajstić information content (AvgIpc) is 2.81. The Morgan fingerprint density at radius 3 is 2.55 bits per heavy atom. The summed E-state index contributed by atoms with van der Waals surface area (Å²) in [5, 5.41) is 14.9. The van der Waals surface area contributed by atoms with Gasteiger partial charge in [0.1, 0.15) is 11.8 Å². The SMILES string of the molecule is COc1cnn(C(C)C)c1C(O)c1ncc(Br)cc1Br. The maximum Gasteiger partial charge on any atom is 0.163 e. The molecule has 2 rings (SSSR count). The zero-order valence-electron chi connectivity index (χ0n) is 11.3. The molecular formula is C13H15Br2N3O2. The highest BCUT2D eigenvalue weighted by atomic mass is 79.9. The van der Waals surface area contributed by atoms with Gasteiger partial charge >= 0.3 is 0 Å². The zero-order chi connectivity index (χ0) is 14.9. The Morgan fingerprint density at radius 1 is 1.30 bits per heavy atom. The van der Waals surface area contributed by atoms with E-state index in [-0.39, 0.29) is 6.04 Å². The molecule has 0 saturated carbocycles. The van der Waals surface area contributed by atoms with Crippen LogP contribution in [0, 0.1) is 0 Å². The van der Waals surface area contributed by atoms with E-state index in [4.69, 9.17) is 4.74 Å². The normalized spacial score (nSPS) is 12.8. The van der Waals surface area contributed by atoms with Crippen LogP contribution >= 0.6 is 31.9 Å². The van der Waals surface area contributed by atoms with Crippen LogP contribution in [-0.4, -0.2) is 27.0 Å². The summed E-state index contributed by atoms with van der Waals surface area (Å²) in [5.74, 6) is 0.544. The van der Waals surface area contributed by atoms with Crippen molar-refractivity contribution >= 4 is 31.9 Å². The van der Waals surface area contributed by atoms with Gasteiger partial charge in [-0.1, -0.05) is 0 Å². The van der Waals surface area contributed by atoms with E-state index >= 15 is 0 Å². The second-order valence-corrected chi connectivity index (χ2v) is 6.33. The fourth-order valence-corrected chi connectivity index (χ4v) is 3.14. The summed E-state index contributed by atoms with van der Waals surface area (Å²) in [7, 11) is 1.56. The lowest BCUT2D eigenvalue weighted by atomic mass is 10.1. The Labute approximate surface area is 134 Å². The molecule has 0 aromatic carbocycles. The molecule has 0 radical (unpaired) electrons. The molecule has 0 amide bonds. The lowest BCUT2D eigenvalue weighted by Crippen LogP contribution is -2.14. The molecule has 20 heavy (non-hydrogen) atoms. The highest BCUT2D eigenvalue weighted by Crippen LogP contribution is 2.34. The highest BCUT2D eigenvalue weighted by molar-refractivity contribution is 9.11. The molecule has 1 unspecified atom stereocenters. The van der Waals surface area contributed by atoms with Crippen LogP contribution in [0.15, 0.2) is 27.4 Å². The van der Waals surface area contributed by atoms with Crippen molar-refractivity contribution in [2.75, 3.05) is 7.11 Å². The summed E-state index contributed by atoms with van der Waals surface area (Å²) in [6, 6.07) is 1.95. The fourth-order valence-electron chi connectivity index (χ4n) is 1.94. The predicted molar refractivity (Wildman–Crippen MR) is 82.9 cm³/mol. The first-order valence-electron chi connectivity index (χ1n) is 6.06. The molecule has 108 valence electrons. The summed E-state index contributed by atoms with van der Waals surface area (Å²) in [6.45, 7) is 3.99. The van der Waals surface area contributed by atoms with Gasteiger partial charge in [-0.3, -0.25) is 9.67 Å². The number of halogens is 2. The number of methoxy groups -OCH3 is 1. The van der Waals surface area contributed by atoms with Gasteiger partial charge in [0.05, 0.1) is 19.0 Å². The average molecular weight is 405 g/mol. The number of nitrogens with zero attached hydrogens (tertiary/aromatic N) is 3. The lowest BCUT2D eigenvalue weighted by molar-refractivity contribution is 0.194. The van der Waals surface area contributed by atoms with Crippen LogP contribution in [0.1, 0.15) is 37.4 Å². The number of pyridine rings is 1. The van der Waals surface area contributed by atoms with Crippen LogP contribution in [0.5, 0.6) is 5.75 Å². The Morgan fingerprint density at radius 2 is 2.00 bits per heavy atom. The van der Waals surface area contributed by atoms with Crippen molar-refractivity contribution in [3.05, 3.63) is 38.8 Å².